The van der Waals surface area contributed by atoms with Gasteiger partial charge < -0.3 is 14.6 Å². The predicted octanol–water partition coefficient (Wildman–Crippen LogP) is 3.38. The van der Waals surface area contributed by atoms with Crippen LogP contribution >= 0.6 is 0 Å². The van der Waals surface area contributed by atoms with Crippen LogP contribution in [0.3, 0.4) is 0 Å². The number of hydrogen-bond acceptors (Lipinski definition) is 5. The molecule has 0 amide bonds. The van der Waals surface area contributed by atoms with E-state index >= 15 is 0 Å². The molecule has 1 N–H and O–H groups in total. The lowest BCUT2D eigenvalue weighted by Crippen LogP contribution is -2.45. The molecule has 0 aliphatic heterocycles. The van der Waals surface area contributed by atoms with Gasteiger partial charge in [0.1, 0.15) is 5.60 Å². The van der Waals surface area contributed by atoms with E-state index in [1.165, 1.54) is 13.3 Å². The van der Waals surface area contributed by atoms with Crippen LogP contribution in [0.2, 0.25) is 0 Å². The number of halogens is 3. The summed E-state index contributed by atoms with van der Waals surface area (Å²) in [6, 6.07) is 0. The number of aliphatic hydroxyl groups is 1. The lowest BCUT2D eigenvalue weighted by atomic mass is 9.78. The Bertz CT molecular complexity index is 556. The molecule has 2 aliphatic carbocycles. The van der Waals surface area contributed by atoms with E-state index in [0.717, 1.165) is 19.3 Å². The van der Waals surface area contributed by atoms with Crippen LogP contribution in [0, 0.1) is 17.8 Å². The summed E-state index contributed by atoms with van der Waals surface area (Å²) < 4.78 is 48.1. The molecule has 0 saturated heterocycles. The van der Waals surface area contributed by atoms with E-state index in [9.17, 15) is 27.9 Å². The van der Waals surface area contributed by atoms with Gasteiger partial charge in [-0.05, 0) is 58.8 Å². The van der Waals surface area contributed by atoms with Gasteiger partial charge in [-0.3, -0.25) is 4.79 Å². The van der Waals surface area contributed by atoms with Gasteiger partial charge in [-0.2, -0.15) is 13.2 Å². The molecule has 2 bridgehead atoms. The molecule has 5 unspecified atom stereocenters. The van der Waals surface area contributed by atoms with Gasteiger partial charge in [-0.25, -0.2) is 4.79 Å². The minimum absolute atomic E-state index is 0.235. The summed E-state index contributed by atoms with van der Waals surface area (Å²) in [6.07, 6.45) is -3.14. The van der Waals surface area contributed by atoms with Crippen LogP contribution in [0.5, 0.6) is 0 Å². The average Bonchev–Trinajstić information content (AvgIpc) is 3.07. The van der Waals surface area contributed by atoms with Crippen LogP contribution in [-0.4, -0.2) is 40.5 Å². The Morgan fingerprint density at radius 3 is 2.23 bits per heavy atom. The first-order valence-corrected chi connectivity index (χ1v) is 8.94. The van der Waals surface area contributed by atoms with Gasteiger partial charge in [0.05, 0.1) is 6.42 Å². The average molecular weight is 380 g/mol. The van der Waals surface area contributed by atoms with Crippen LogP contribution in [0.25, 0.3) is 0 Å². The third kappa shape index (κ3) is 4.50. The largest absolute Gasteiger partial charge is 0.457 e. The molecule has 2 saturated carbocycles. The van der Waals surface area contributed by atoms with Gasteiger partial charge in [-0.1, -0.05) is 6.42 Å². The highest BCUT2D eigenvalue weighted by molar-refractivity contribution is 5.79. The summed E-state index contributed by atoms with van der Waals surface area (Å²) in [7, 11) is 0. The zero-order chi connectivity index (χ0) is 19.9. The highest BCUT2D eigenvalue weighted by Gasteiger charge is 2.52. The van der Waals surface area contributed by atoms with E-state index in [0.29, 0.717) is 18.8 Å². The number of rotatable bonds is 6. The summed E-state index contributed by atoms with van der Waals surface area (Å²) in [4.78, 5) is 23.9. The van der Waals surface area contributed by atoms with Crippen molar-refractivity contribution < 1.29 is 37.3 Å². The van der Waals surface area contributed by atoms with Crippen LogP contribution < -0.4 is 0 Å². The lowest BCUT2D eigenvalue weighted by molar-refractivity contribution is -0.256. The Balaban J connectivity index is 1.88. The van der Waals surface area contributed by atoms with E-state index in [2.05, 4.69) is 0 Å². The van der Waals surface area contributed by atoms with Gasteiger partial charge in [0.25, 0.3) is 0 Å². The highest BCUT2D eigenvalue weighted by Crippen LogP contribution is 2.52. The Kier molecular flexibility index (Phi) is 5.67. The first-order chi connectivity index (χ1) is 11.7. The monoisotopic (exact) mass is 380 g/mol. The number of esters is 2. The maximum Gasteiger partial charge on any atom is 0.417 e. The Labute approximate surface area is 151 Å². The van der Waals surface area contributed by atoms with Crippen molar-refractivity contribution in [2.75, 3.05) is 0 Å². The zero-order valence-electron chi connectivity index (χ0n) is 15.6. The van der Waals surface area contributed by atoms with E-state index < -0.39 is 41.8 Å². The van der Waals surface area contributed by atoms with Crippen molar-refractivity contribution >= 4 is 11.9 Å². The fourth-order valence-corrected chi connectivity index (χ4v) is 4.18. The van der Waals surface area contributed by atoms with Crippen LogP contribution in [0.4, 0.5) is 13.2 Å². The summed E-state index contributed by atoms with van der Waals surface area (Å²) in [5.41, 5.74) is -3.94. The Morgan fingerprint density at radius 2 is 1.77 bits per heavy atom. The summed E-state index contributed by atoms with van der Waals surface area (Å²) in [5, 5.41) is 9.32. The second-order valence-corrected chi connectivity index (χ2v) is 8.39. The smallest absolute Gasteiger partial charge is 0.417 e. The molecule has 0 radical (unpaired) electrons. The van der Waals surface area contributed by atoms with Crippen molar-refractivity contribution in [2.45, 2.75) is 83.3 Å². The number of fused-ring (bicyclic) bond motifs is 2. The normalized spacial score (nSPS) is 29.2. The molecule has 5 nitrogen and oxygen atoms in total. The number of ether oxygens (including phenoxy) is 2. The van der Waals surface area contributed by atoms with Crippen molar-refractivity contribution in [3.63, 3.8) is 0 Å². The predicted molar refractivity (Wildman–Crippen MR) is 86.0 cm³/mol. The van der Waals surface area contributed by atoms with Gasteiger partial charge in [0.2, 0.25) is 0 Å². The standard InChI is InChI=1S/C18H27F3O5/c1-10(25-14(22)9-17(4,24)18(19,20)21)15(23)26-16(2,3)13-8-11-5-6-12(13)7-11/h10-13,24H,5-9H2,1-4H3. The Morgan fingerprint density at radius 1 is 1.15 bits per heavy atom. The SMILES string of the molecule is CC(OC(=O)CC(C)(O)C(F)(F)F)C(=O)OC(C)(C)C1CC2CCC1C2. The van der Waals surface area contributed by atoms with Crippen molar-refractivity contribution in [1.29, 1.82) is 0 Å². The van der Waals surface area contributed by atoms with Crippen LogP contribution in [0.15, 0.2) is 0 Å². The number of alkyl halides is 3. The van der Waals surface area contributed by atoms with Gasteiger partial charge in [-0.15, -0.1) is 0 Å². The summed E-state index contributed by atoms with van der Waals surface area (Å²) in [5.74, 6) is -0.684. The second-order valence-electron chi connectivity index (χ2n) is 8.39. The second kappa shape index (κ2) is 7.02. The van der Waals surface area contributed by atoms with Crippen LogP contribution in [0.1, 0.15) is 59.8 Å². The first-order valence-electron chi connectivity index (χ1n) is 8.94. The van der Waals surface area contributed by atoms with E-state index in [-0.39, 0.29) is 5.92 Å². The number of hydrogen-bond donors (Lipinski definition) is 1. The quantitative estimate of drug-likeness (QED) is 0.715. The minimum atomic E-state index is -4.97. The zero-order valence-corrected chi connectivity index (χ0v) is 15.6. The van der Waals surface area contributed by atoms with Crippen molar-refractivity contribution in [3.8, 4) is 0 Å². The third-order valence-corrected chi connectivity index (χ3v) is 5.73. The molecule has 26 heavy (non-hydrogen) atoms. The van der Waals surface area contributed by atoms with Crippen molar-refractivity contribution in [2.24, 2.45) is 17.8 Å². The van der Waals surface area contributed by atoms with E-state index in [1.54, 1.807) is 0 Å². The highest BCUT2D eigenvalue weighted by atomic mass is 19.4. The topological polar surface area (TPSA) is 72.8 Å². The van der Waals surface area contributed by atoms with E-state index in [1.807, 2.05) is 13.8 Å². The molecule has 150 valence electrons. The molecule has 0 aromatic rings. The van der Waals surface area contributed by atoms with E-state index in [4.69, 9.17) is 9.47 Å². The molecular formula is C18H27F3O5. The van der Waals surface area contributed by atoms with Crippen molar-refractivity contribution in [3.05, 3.63) is 0 Å². The molecule has 5 atom stereocenters. The fourth-order valence-electron chi connectivity index (χ4n) is 4.18. The summed E-state index contributed by atoms with van der Waals surface area (Å²) >= 11 is 0. The molecular weight excluding hydrogens is 353 g/mol. The number of carbonyl (C=O) groups is 2. The lowest BCUT2D eigenvalue weighted by Gasteiger charge is -2.37. The van der Waals surface area contributed by atoms with Crippen LogP contribution in [-0.2, 0) is 19.1 Å². The first kappa shape index (κ1) is 21.0. The fraction of sp³-hybridized carbons (Fsp3) is 0.889. The van der Waals surface area contributed by atoms with Crippen molar-refractivity contribution in [1.82, 2.24) is 0 Å². The molecule has 2 aliphatic rings. The molecule has 0 spiro atoms. The molecule has 0 aromatic heterocycles. The maximum absolute atomic E-state index is 12.6. The molecule has 8 heteroatoms. The van der Waals surface area contributed by atoms with Gasteiger partial charge >= 0.3 is 18.1 Å². The van der Waals surface area contributed by atoms with Gasteiger partial charge in [0, 0.05) is 5.92 Å². The minimum Gasteiger partial charge on any atom is -0.457 e. The molecule has 0 aromatic carbocycles. The molecule has 2 fully saturated rings. The number of carbonyl (C=O) groups excluding carboxylic acids is 2. The molecule has 0 heterocycles. The van der Waals surface area contributed by atoms with Gasteiger partial charge in [0.15, 0.2) is 11.7 Å². The maximum atomic E-state index is 12.6. The Hall–Kier alpha value is -1.31. The summed E-state index contributed by atoms with van der Waals surface area (Å²) in [6.45, 7) is 5.37. The molecule has 2 rings (SSSR count). The third-order valence-electron chi connectivity index (χ3n) is 5.73.